The molecule has 2 aromatic heterocycles. The van der Waals surface area contributed by atoms with Crippen LogP contribution in [0.3, 0.4) is 0 Å². The molecule has 0 saturated heterocycles. The SMILES string of the molecule is NC(=O)c1nc(-c2c(F)cccc2F)oc1-c1ccc(CNC(=O)c2cccs2)cc1. The number of thiophene rings is 1. The van der Waals surface area contributed by atoms with E-state index >= 15 is 0 Å². The van der Waals surface area contributed by atoms with Gasteiger partial charge in [0.2, 0.25) is 5.89 Å². The fourth-order valence-electron chi connectivity index (χ4n) is 2.94. The number of oxazole rings is 1. The molecule has 31 heavy (non-hydrogen) atoms. The van der Waals surface area contributed by atoms with E-state index in [-0.39, 0.29) is 23.3 Å². The van der Waals surface area contributed by atoms with Gasteiger partial charge in [0.15, 0.2) is 11.5 Å². The number of carbonyl (C=O) groups is 2. The van der Waals surface area contributed by atoms with Crippen molar-refractivity contribution >= 4 is 23.2 Å². The molecule has 9 heteroatoms. The number of primary amides is 1. The molecular formula is C22H15F2N3O3S. The average molecular weight is 439 g/mol. The third kappa shape index (κ3) is 4.22. The summed E-state index contributed by atoms with van der Waals surface area (Å²) in [6, 6.07) is 13.6. The predicted molar refractivity (Wildman–Crippen MR) is 111 cm³/mol. The Balaban J connectivity index is 1.60. The van der Waals surface area contributed by atoms with Crippen molar-refractivity contribution in [3.8, 4) is 22.8 Å². The molecule has 0 radical (unpaired) electrons. The summed E-state index contributed by atoms with van der Waals surface area (Å²) in [5.41, 5.74) is 5.90. The highest BCUT2D eigenvalue weighted by Gasteiger charge is 2.24. The van der Waals surface area contributed by atoms with Crippen LogP contribution >= 0.6 is 11.3 Å². The van der Waals surface area contributed by atoms with E-state index in [4.69, 9.17) is 10.2 Å². The Bertz CT molecular complexity index is 1230. The first kappa shape index (κ1) is 20.4. The van der Waals surface area contributed by atoms with Crippen LogP contribution < -0.4 is 11.1 Å². The highest BCUT2D eigenvalue weighted by Crippen LogP contribution is 2.32. The number of nitrogens with two attached hydrogens (primary N) is 1. The first-order chi connectivity index (χ1) is 14.9. The van der Waals surface area contributed by atoms with E-state index in [2.05, 4.69) is 10.3 Å². The lowest BCUT2D eigenvalue weighted by Crippen LogP contribution is -2.21. The van der Waals surface area contributed by atoms with Gasteiger partial charge in [-0.05, 0) is 29.1 Å². The second kappa shape index (κ2) is 8.49. The molecule has 4 rings (SSSR count). The smallest absolute Gasteiger partial charge is 0.271 e. The number of rotatable bonds is 6. The Morgan fingerprint density at radius 3 is 2.35 bits per heavy atom. The van der Waals surface area contributed by atoms with Crippen LogP contribution in [0.15, 0.2) is 64.4 Å². The highest BCUT2D eigenvalue weighted by atomic mass is 32.1. The van der Waals surface area contributed by atoms with Crippen LogP contribution in [0.5, 0.6) is 0 Å². The van der Waals surface area contributed by atoms with Gasteiger partial charge in [-0.2, -0.15) is 0 Å². The van der Waals surface area contributed by atoms with Crippen molar-refractivity contribution in [3.05, 3.63) is 87.7 Å². The third-order valence-corrected chi connectivity index (χ3v) is 5.32. The zero-order valence-corrected chi connectivity index (χ0v) is 16.7. The molecule has 2 amide bonds. The number of halogens is 2. The molecule has 3 N–H and O–H groups in total. The number of hydrogen-bond donors (Lipinski definition) is 2. The minimum absolute atomic E-state index is 0.000626. The van der Waals surface area contributed by atoms with Crippen molar-refractivity contribution in [3.63, 3.8) is 0 Å². The molecule has 0 spiro atoms. The molecule has 0 aliphatic heterocycles. The largest absolute Gasteiger partial charge is 0.435 e. The molecule has 0 aliphatic carbocycles. The Morgan fingerprint density at radius 1 is 1.03 bits per heavy atom. The number of nitrogens with zero attached hydrogens (tertiary/aromatic N) is 1. The summed E-state index contributed by atoms with van der Waals surface area (Å²) in [7, 11) is 0. The van der Waals surface area contributed by atoms with Crippen LogP contribution in [0.2, 0.25) is 0 Å². The lowest BCUT2D eigenvalue weighted by Gasteiger charge is -2.05. The third-order valence-electron chi connectivity index (χ3n) is 4.45. The monoisotopic (exact) mass is 439 g/mol. The van der Waals surface area contributed by atoms with Crippen LogP contribution in [0.1, 0.15) is 25.7 Å². The van der Waals surface area contributed by atoms with E-state index in [1.165, 1.54) is 17.4 Å². The van der Waals surface area contributed by atoms with Gasteiger partial charge in [0.05, 0.1) is 4.88 Å². The maximum absolute atomic E-state index is 14.1. The zero-order valence-electron chi connectivity index (χ0n) is 15.9. The molecule has 0 aliphatic rings. The number of carbonyl (C=O) groups excluding carboxylic acids is 2. The van der Waals surface area contributed by atoms with Gasteiger partial charge < -0.3 is 15.5 Å². The number of aromatic nitrogens is 1. The summed E-state index contributed by atoms with van der Waals surface area (Å²) < 4.78 is 33.7. The van der Waals surface area contributed by atoms with Crippen LogP contribution in [-0.4, -0.2) is 16.8 Å². The van der Waals surface area contributed by atoms with Crippen molar-refractivity contribution in [1.82, 2.24) is 10.3 Å². The molecule has 2 aromatic carbocycles. The quantitative estimate of drug-likeness (QED) is 0.466. The number of hydrogen-bond acceptors (Lipinski definition) is 5. The van der Waals surface area contributed by atoms with Gasteiger partial charge in [-0.1, -0.05) is 36.4 Å². The zero-order chi connectivity index (χ0) is 22.0. The second-order valence-corrected chi connectivity index (χ2v) is 7.46. The second-order valence-electron chi connectivity index (χ2n) is 6.51. The summed E-state index contributed by atoms with van der Waals surface area (Å²) in [5.74, 6) is -3.21. The Labute approximate surface area is 179 Å². The normalized spacial score (nSPS) is 10.8. The van der Waals surface area contributed by atoms with Gasteiger partial charge >= 0.3 is 0 Å². The predicted octanol–water partition coefficient (Wildman–Crippen LogP) is 4.38. The summed E-state index contributed by atoms with van der Waals surface area (Å²) >= 11 is 1.34. The van der Waals surface area contributed by atoms with Crippen molar-refractivity contribution in [1.29, 1.82) is 0 Å². The molecule has 6 nitrogen and oxygen atoms in total. The first-order valence-electron chi connectivity index (χ1n) is 9.10. The van der Waals surface area contributed by atoms with Crippen LogP contribution in [-0.2, 0) is 6.54 Å². The number of amides is 2. The average Bonchev–Trinajstić information content (AvgIpc) is 3.43. The summed E-state index contributed by atoms with van der Waals surface area (Å²) in [5, 5.41) is 4.62. The van der Waals surface area contributed by atoms with E-state index in [1.54, 1.807) is 36.4 Å². The standard InChI is InChI=1S/C22H15F2N3O3S/c23-14-3-1-4-15(24)17(14)22-27-18(20(25)28)19(30-22)13-8-6-12(7-9-13)11-26-21(29)16-5-2-10-31-16/h1-10H,11H2,(H2,25,28)(H,26,29). The molecule has 4 aromatic rings. The maximum Gasteiger partial charge on any atom is 0.271 e. The minimum Gasteiger partial charge on any atom is -0.435 e. The Kier molecular flexibility index (Phi) is 5.59. The van der Waals surface area contributed by atoms with Crippen molar-refractivity contribution in [2.24, 2.45) is 5.73 Å². The van der Waals surface area contributed by atoms with Gasteiger partial charge in [0, 0.05) is 12.1 Å². The van der Waals surface area contributed by atoms with Gasteiger partial charge in [-0.25, -0.2) is 13.8 Å². The molecule has 0 atom stereocenters. The molecule has 0 unspecified atom stereocenters. The summed E-state index contributed by atoms with van der Waals surface area (Å²) in [6.07, 6.45) is 0. The van der Waals surface area contributed by atoms with Gasteiger partial charge in [-0.15, -0.1) is 11.3 Å². The van der Waals surface area contributed by atoms with Gasteiger partial charge in [0.1, 0.15) is 17.2 Å². The number of nitrogens with one attached hydrogen (secondary N) is 1. The fourth-order valence-corrected chi connectivity index (χ4v) is 3.58. The van der Waals surface area contributed by atoms with Gasteiger partial charge in [-0.3, -0.25) is 9.59 Å². The van der Waals surface area contributed by atoms with E-state index in [9.17, 15) is 18.4 Å². The highest BCUT2D eigenvalue weighted by molar-refractivity contribution is 7.12. The van der Waals surface area contributed by atoms with E-state index in [0.717, 1.165) is 17.7 Å². The Hall–Kier alpha value is -3.85. The maximum atomic E-state index is 14.1. The lowest BCUT2D eigenvalue weighted by molar-refractivity contribution is 0.0953. The number of benzene rings is 2. The van der Waals surface area contributed by atoms with Crippen LogP contribution in [0.25, 0.3) is 22.8 Å². The van der Waals surface area contributed by atoms with Crippen molar-refractivity contribution in [2.75, 3.05) is 0 Å². The Morgan fingerprint density at radius 2 is 1.74 bits per heavy atom. The van der Waals surface area contributed by atoms with Crippen molar-refractivity contribution < 1.29 is 22.8 Å². The molecule has 0 saturated carbocycles. The molecule has 0 bridgehead atoms. The fraction of sp³-hybridized carbons (Fsp3) is 0.0455. The molecule has 156 valence electrons. The summed E-state index contributed by atoms with van der Waals surface area (Å²) in [6.45, 7) is 0.293. The summed E-state index contributed by atoms with van der Waals surface area (Å²) in [4.78, 5) is 28.4. The molecular weight excluding hydrogens is 424 g/mol. The van der Waals surface area contributed by atoms with E-state index < -0.39 is 23.1 Å². The van der Waals surface area contributed by atoms with Crippen molar-refractivity contribution in [2.45, 2.75) is 6.54 Å². The van der Waals surface area contributed by atoms with E-state index in [0.29, 0.717) is 17.0 Å². The topological polar surface area (TPSA) is 98.2 Å². The molecule has 2 heterocycles. The van der Waals surface area contributed by atoms with Gasteiger partial charge in [0.25, 0.3) is 11.8 Å². The lowest BCUT2D eigenvalue weighted by atomic mass is 10.1. The van der Waals surface area contributed by atoms with E-state index in [1.807, 2.05) is 5.38 Å². The van der Waals surface area contributed by atoms with Crippen LogP contribution in [0.4, 0.5) is 8.78 Å². The molecule has 0 fully saturated rings. The van der Waals surface area contributed by atoms with Crippen LogP contribution in [0, 0.1) is 11.6 Å². The minimum atomic E-state index is -0.894. The first-order valence-corrected chi connectivity index (χ1v) is 9.98.